The van der Waals surface area contributed by atoms with Gasteiger partial charge in [0.1, 0.15) is 12.4 Å². The minimum Gasteiger partial charge on any atom is -0.492 e. The lowest BCUT2D eigenvalue weighted by Gasteiger charge is -2.11. The molecule has 8 N–H and O–H groups in total. The second-order valence-corrected chi connectivity index (χ2v) is 4.72. The predicted octanol–water partition coefficient (Wildman–Crippen LogP) is -1.43. The lowest BCUT2D eigenvalue weighted by Crippen LogP contribution is -2.19. The van der Waals surface area contributed by atoms with Gasteiger partial charge in [0.05, 0.1) is 0 Å². The average Bonchev–Trinajstić information content (AvgIpc) is 2.56. The van der Waals surface area contributed by atoms with Crippen LogP contribution in [-0.4, -0.2) is 81.9 Å². The third kappa shape index (κ3) is 19.0. The van der Waals surface area contributed by atoms with Gasteiger partial charge in [-0.15, -0.1) is 0 Å². The third-order valence-electron chi connectivity index (χ3n) is 2.33. The Morgan fingerprint density at radius 1 is 0.889 bits per heavy atom. The highest BCUT2D eigenvalue weighted by Crippen LogP contribution is 2.11. The number of nitrogens with two attached hydrogens (primary N) is 1. The summed E-state index contributed by atoms with van der Waals surface area (Å²) in [5.74, 6) is -6.39. The lowest BCUT2D eigenvalue weighted by molar-refractivity contribution is -0.159. The zero-order chi connectivity index (χ0) is 20.7. The number of rotatable bonds is 5. The molecular weight excluding hydrogens is 368 g/mol. The first-order valence-corrected chi connectivity index (χ1v) is 7.00. The molecule has 0 saturated carbocycles. The molecule has 0 heterocycles. The molecule has 0 saturated heterocycles. The maximum absolute atomic E-state index is 9.10. The van der Waals surface area contributed by atoms with Crippen LogP contribution in [0.15, 0.2) is 24.3 Å². The molecule has 0 amide bonds. The first-order valence-electron chi connectivity index (χ1n) is 7.00. The summed E-state index contributed by atoms with van der Waals surface area (Å²) in [6.45, 7) is 2.23. The van der Waals surface area contributed by atoms with E-state index in [4.69, 9.17) is 50.1 Å². The summed E-state index contributed by atoms with van der Waals surface area (Å²) >= 11 is 0. The molecule has 1 rings (SSSR count). The van der Waals surface area contributed by atoms with E-state index in [2.05, 4.69) is 4.90 Å². The van der Waals surface area contributed by atoms with Crippen molar-refractivity contribution >= 4 is 23.9 Å². The minimum absolute atomic E-state index is 0. The highest BCUT2D eigenvalue weighted by Gasteiger charge is 2.04. The van der Waals surface area contributed by atoms with Gasteiger partial charge in [-0.1, -0.05) is 12.1 Å². The number of likely N-dealkylation sites (N-methyl/N-ethyl adjacent to an activating group) is 1. The molecule has 0 bridgehead atoms. The lowest BCUT2D eigenvalue weighted by atomic mass is 10.2. The van der Waals surface area contributed by atoms with Crippen molar-refractivity contribution in [1.29, 1.82) is 0 Å². The maximum atomic E-state index is 9.10. The standard InChI is InChI=1S/C11H18N2O.2C2H2O4.H2O/c1-13(2)7-8-14-11-5-3-10(9-12)4-6-11;2*3-1(4)2(5)6;/h3-6H,7-9,12H2,1-2H3;2*(H,3,4)(H,5,6);1H2. The summed E-state index contributed by atoms with van der Waals surface area (Å²) in [6, 6.07) is 7.89. The molecule has 0 atom stereocenters. The first-order chi connectivity index (χ1) is 12.0. The number of carboxylic acid groups (broad SMARTS) is 4. The van der Waals surface area contributed by atoms with E-state index in [0.29, 0.717) is 6.54 Å². The van der Waals surface area contributed by atoms with Gasteiger partial charge in [0.2, 0.25) is 0 Å². The van der Waals surface area contributed by atoms with Crippen molar-refractivity contribution in [3.05, 3.63) is 29.8 Å². The van der Waals surface area contributed by atoms with Gasteiger partial charge in [-0.2, -0.15) is 0 Å². The van der Waals surface area contributed by atoms with Crippen LogP contribution in [0.5, 0.6) is 5.75 Å². The number of hydrogen-bond donors (Lipinski definition) is 5. The smallest absolute Gasteiger partial charge is 0.414 e. The van der Waals surface area contributed by atoms with Gasteiger partial charge in [0.15, 0.2) is 0 Å². The van der Waals surface area contributed by atoms with Crippen molar-refractivity contribution in [2.45, 2.75) is 6.54 Å². The quantitative estimate of drug-likeness (QED) is 0.366. The first kappa shape index (κ1) is 28.6. The Balaban J connectivity index is -0.000000373. The van der Waals surface area contributed by atoms with Gasteiger partial charge < -0.3 is 41.3 Å². The van der Waals surface area contributed by atoms with Gasteiger partial charge in [0.25, 0.3) is 0 Å². The van der Waals surface area contributed by atoms with Gasteiger partial charge in [-0.05, 0) is 31.8 Å². The molecule has 0 aliphatic heterocycles. The second kappa shape index (κ2) is 16.3. The number of benzene rings is 1. The normalized spacial score (nSPS) is 8.74. The number of carboxylic acids is 4. The number of hydrogen-bond acceptors (Lipinski definition) is 7. The van der Waals surface area contributed by atoms with Gasteiger partial charge in [-0.3, -0.25) is 0 Å². The molecule has 0 aromatic heterocycles. The van der Waals surface area contributed by atoms with Gasteiger partial charge in [-0.25, -0.2) is 19.2 Å². The molecule has 0 unspecified atom stereocenters. The van der Waals surface area contributed by atoms with E-state index in [0.717, 1.165) is 24.5 Å². The van der Waals surface area contributed by atoms with Crippen LogP contribution in [0.2, 0.25) is 0 Å². The van der Waals surface area contributed by atoms with E-state index >= 15 is 0 Å². The molecular formula is C15H24N2O10. The Labute approximate surface area is 154 Å². The maximum Gasteiger partial charge on any atom is 0.414 e. The summed E-state index contributed by atoms with van der Waals surface area (Å²) in [5.41, 5.74) is 6.62. The van der Waals surface area contributed by atoms with E-state index in [9.17, 15) is 0 Å². The molecule has 1 aromatic rings. The Hall–Kier alpha value is -3.22. The Kier molecular flexibility index (Phi) is 17.2. The zero-order valence-corrected chi connectivity index (χ0v) is 14.8. The van der Waals surface area contributed by atoms with Crippen LogP contribution < -0.4 is 10.5 Å². The van der Waals surface area contributed by atoms with Crippen LogP contribution in [-0.2, 0) is 25.7 Å². The van der Waals surface area contributed by atoms with Gasteiger partial charge >= 0.3 is 23.9 Å². The summed E-state index contributed by atoms with van der Waals surface area (Å²) < 4.78 is 5.53. The van der Waals surface area contributed by atoms with Crippen LogP contribution in [0.4, 0.5) is 0 Å². The van der Waals surface area contributed by atoms with Crippen molar-refractivity contribution in [2.24, 2.45) is 5.73 Å². The summed E-state index contributed by atoms with van der Waals surface area (Å²) in [6.07, 6.45) is 0. The minimum atomic E-state index is -1.82. The van der Waals surface area contributed by atoms with E-state index in [1.54, 1.807) is 0 Å². The number of aliphatic carboxylic acids is 4. The largest absolute Gasteiger partial charge is 0.492 e. The van der Waals surface area contributed by atoms with Crippen LogP contribution in [0, 0.1) is 0 Å². The molecule has 27 heavy (non-hydrogen) atoms. The number of nitrogens with zero attached hydrogens (tertiary/aromatic N) is 1. The zero-order valence-electron chi connectivity index (χ0n) is 14.8. The van der Waals surface area contributed by atoms with Crippen LogP contribution in [0.3, 0.4) is 0 Å². The van der Waals surface area contributed by atoms with Crippen molar-refractivity contribution in [3.8, 4) is 5.75 Å². The molecule has 154 valence electrons. The number of ether oxygens (including phenoxy) is 1. The SMILES string of the molecule is CN(C)CCOc1ccc(CN)cc1.O.O=C(O)C(=O)O.O=C(O)C(=O)O. The Morgan fingerprint density at radius 3 is 1.52 bits per heavy atom. The highest BCUT2D eigenvalue weighted by molar-refractivity contribution is 6.27. The predicted molar refractivity (Wildman–Crippen MR) is 92.5 cm³/mol. The molecule has 0 fully saturated rings. The molecule has 12 heteroatoms. The van der Waals surface area contributed by atoms with Crippen LogP contribution >= 0.6 is 0 Å². The van der Waals surface area contributed by atoms with Crippen molar-refractivity contribution in [1.82, 2.24) is 4.90 Å². The molecule has 0 spiro atoms. The van der Waals surface area contributed by atoms with Crippen LogP contribution in [0.1, 0.15) is 5.56 Å². The molecule has 12 nitrogen and oxygen atoms in total. The summed E-state index contributed by atoms with van der Waals surface area (Å²) in [7, 11) is 4.06. The van der Waals surface area contributed by atoms with E-state index in [1.165, 1.54) is 0 Å². The topological polar surface area (TPSA) is 219 Å². The van der Waals surface area contributed by atoms with E-state index in [-0.39, 0.29) is 5.48 Å². The fourth-order valence-corrected chi connectivity index (χ4v) is 1.07. The summed E-state index contributed by atoms with van der Waals surface area (Å²) in [4.78, 5) is 38.5. The molecule has 1 aromatic carbocycles. The second-order valence-electron chi connectivity index (χ2n) is 4.72. The third-order valence-corrected chi connectivity index (χ3v) is 2.33. The molecule has 0 radical (unpaired) electrons. The fraction of sp³-hybridized carbons (Fsp3) is 0.333. The summed E-state index contributed by atoms with van der Waals surface area (Å²) in [5, 5.41) is 29.6. The van der Waals surface area contributed by atoms with Crippen molar-refractivity contribution in [2.75, 3.05) is 27.2 Å². The average molecular weight is 392 g/mol. The van der Waals surface area contributed by atoms with Gasteiger partial charge in [0, 0.05) is 13.1 Å². The van der Waals surface area contributed by atoms with Crippen molar-refractivity contribution in [3.63, 3.8) is 0 Å². The van der Waals surface area contributed by atoms with Crippen LogP contribution in [0.25, 0.3) is 0 Å². The highest BCUT2D eigenvalue weighted by atomic mass is 16.5. The molecule has 0 aliphatic rings. The van der Waals surface area contributed by atoms with E-state index in [1.807, 2.05) is 38.4 Å². The monoisotopic (exact) mass is 392 g/mol. The van der Waals surface area contributed by atoms with Crippen molar-refractivity contribution < 1.29 is 49.8 Å². The number of carbonyl (C=O) groups is 4. The molecule has 0 aliphatic carbocycles. The Bertz CT molecular complexity index is 539. The Morgan fingerprint density at radius 2 is 1.26 bits per heavy atom. The van der Waals surface area contributed by atoms with E-state index < -0.39 is 23.9 Å². The fourth-order valence-electron chi connectivity index (χ4n) is 1.07.